The van der Waals surface area contributed by atoms with Crippen LogP contribution in [0.5, 0.6) is 5.75 Å². The number of rotatable bonds is 4. The topological polar surface area (TPSA) is 92.2 Å². The number of benzene rings is 2. The summed E-state index contributed by atoms with van der Waals surface area (Å²) in [6.07, 6.45) is 1.78. The van der Waals surface area contributed by atoms with Crippen molar-refractivity contribution in [3.05, 3.63) is 91.1 Å². The Bertz CT molecular complexity index is 1290. The summed E-state index contributed by atoms with van der Waals surface area (Å²) in [5, 5.41) is 0. The van der Waals surface area contributed by atoms with Gasteiger partial charge in [0.2, 0.25) is 0 Å². The molecule has 0 spiro atoms. The van der Waals surface area contributed by atoms with Crippen molar-refractivity contribution < 1.29 is 50.9 Å². The first-order valence-electron chi connectivity index (χ1n) is 9.77. The monoisotopic (exact) mass is 718 g/mol. The average molecular weight is 719 g/mol. The SMILES string of the molecule is COc1ccc(-c2cc(-c3[c-]cccc3)nc(-c3ccccn3)c2)cc1.O=S(=O)([O-])C(F)(F)F.[Cl][Au]. The van der Waals surface area contributed by atoms with Gasteiger partial charge in [-0.3, -0.25) is 9.97 Å². The molecule has 2 aromatic carbocycles. The Morgan fingerprint density at radius 1 is 0.917 bits per heavy atom. The van der Waals surface area contributed by atoms with Crippen molar-refractivity contribution >= 4 is 19.3 Å². The number of pyridine rings is 2. The average Bonchev–Trinajstić information content (AvgIpc) is 2.90. The molecule has 0 bridgehead atoms. The van der Waals surface area contributed by atoms with Gasteiger partial charge in [-0.05, 0) is 47.2 Å². The predicted octanol–water partition coefficient (Wildman–Crippen LogP) is 6.02. The van der Waals surface area contributed by atoms with Gasteiger partial charge in [0.25, 0.3) is 0 Å². The van der Waals surface area contributed by atoms with Gasteiger partial charge in [-0.1, -0.05) is 24.3 Å². The van der Waals surface area contributed by atoms with E-state index in [1.165, 1.54) is 0 Å². The predicted molar refractivity (Wildman–Crippen MR) is 125 cm³/mol. The van der Waals surface area contributed by atoms with Crippen LogP contribution in [-0.2, 0) is 30.1 Å². The van der Waals surface area contributed by atoms with E-state index in [-0.39, 0.29) is 0 Å². The fourth-order valence-electron chi connectivity index (χ4n) is 2.82. The maximum atomic E-state index is 10.7. The van der Waals surface area contributed by atoms with Crippen molar-refractivity contribution in [2.24, 2.45) is 0 Å². The van der Waals surface area contributed by atoms with E-state index in [1.54, 1.807) is 33.3 Å². The van der Waals surface area contributed by atoms with Gasteiger partial charge in [0.15, 0.2) is 10.1 Å². The van der Waals surface area contributed by atoms with Crippen molar-refractivity contribution in [1.82, 2.24) is 9.97 Å². The van der Waals surface area contributed by atoms with Crippen LogP contribution < -0.4 is 4.74 Å². The van der Waals surface area contributed by atoms with Gasteiger partial charge in [-0.25, -0.2) is 8.42 Å². The van der Waals surface area contributed by atoms with E-state index in [0.29, 0.717) is 0 Å². The van der Waals surface area contributed by atoms with Crippen LogP contribution in [-0.4, -0.2) is 35.6 Å². The van der Waals surface area contributed by atoms with Crippen LogP contribution in [0.3, 0.4) is 0 Å². The van der Waals surface area contributed by atoms with Crippen LogP contribution in [0.1, 0.15) is 0 Å². The maximum absolute atomic E-state index is 10.7. The molecule has 36 heavy (non-hydrogen) atoms. The molecule has 0 aliphatic rings. The Hall–Kier alpha value is -2.73. The van der Waals surface area contributed by atoms with Crippen LogP contribution in [0.25, 0.3) is 33.8 Å². The van der Waals surface area contributed by atoms with Crippen LogP contribution >= 0.6 is 9.19 Å². The first-order chi connectivity index (χ1) is 17.1. The summed E-state index contributed by atoms with van der Waals surface area (Å²) >= 11 is 1.75. The molecular weight excluding hydrogens is 702 g/mol. The molecule has 4 aromatic rings. The number of halogens is 4. The minimum atomic E-state index is -6.09. The van der Waals surface area contributed by atoms with E-state index in [4.69, 9.17) is 22.7 Å². The molecule has 0 aliphatic heterocycles. The number of aromatic nitrogens is 2. The van der Waals surface area contributed by atoms with E-state index in [9.17, 15) is 13.2 Å². The zero-order valence-electron chi connectivity index (χ0n) is 18.3. The van der Waals surface area contributed by atoms with Crippen molar-refractivity contribution in [3.63, 3.8) is 0 Å². The molecule has 194 valence electrons. The Kier molecular flexibility index (Phi) is 11.1. The van der Waals surface area contributed by atoms with Gasteiger partial charge in [0.1, 0.15) is 5.75 Å². The van der Waals surface area contributed by atoms with Gasteiger partial charge < -0.3 is 9.29 Å². The molecule has 12 heteroatoms. The normalized spacial score (nSPS) is 10.9. The number of nitrogens with zero attached hydrogens (tertiary/aromatic N) is 2. The van der Waals surface area contributed by atoms with E-state index in [0.717, 1.165) is 39.5 Å². The zero-order valence-corrected chi connectivity index (χ0v) is 22.1. The molecule has 0 amide bonds. The first-order valence-corrected chi connectivity index (χ1v) is 13.9. The number of hydrogen-bond donors (Lipinski definition) is 0. The van der Waals surface area contributed by atoms with Crippen LogP contribution in [0, 0.1) is 6.07 Å². The van der Waals surface area contributed by atoms with Gasteiger partial charge >= 0.3 is 34.7 Å². The third-order valence-electron chi connectivity index (χ3n) is 4.44. The Morgan fingerprint density at radius 2 is 1.53 bits per heavy atom. The van der Waals surface area contributed by atoms with Crippen molar-refractivity contribution in [2.45, 2.75) is 5.51 Å². The fourth-order valence-corrected chi connectivity index (χ4v) is 2.82. The van der Waals surface area contributed by atoms with Crippen molar-refractivity contribution in [1.29, 1.82) is 0 Å². The fraction of sp³-hybridized carbons (Fsp3) is 0.0833. The van der Waals surface area contributed by atoms with Gasteiger partial charge in [0.05, 0.1) is 18.5 Å². The van der Waals surface area contributed by atoms with E-state index in [2.05, 4.69) is 44.5 Å². The third kappa shape index (κ3) is 8.44. The standard InChI is InChI=1S/C23H17N2O.CHF3O3S.Au.ClH/c1-26-20-12-10-17(11-13-20)19-15-22(18-7-3-2-4-8-18)25-23(16-19)21-9-5-6-14-24-21;2-1(3,4)8(5,6)7;;/h2-7,9-16H,1H3;(H,5,6,7);;1H/q-1;;+1;/p-2. The molecule has 2 heterocycles. The molecule has 0 N–H and O–H groups in total. The molecule has 0 atom stereocenters. The summed E-state index contributed by atoms with van der Waals surface area (Å²) in [5.41, 5.74) is 0.0523. The van der Waals surface area contributed by atoms with E-state index >= 15 is 0 Å². The van der Waals surface area contributed by atoms with Gasteiger partial charge in [0, 0.05) is 6.20 Å². The van der Waals surface area contributed by atoms with E-state index < -0.39 is 15.6 Å². The minimum absolute atomic E-state index is 0.837. The molecule has 6 nitrogen and oxygen atoms in total. The molecule has 0 aliphatic carbocycles. The van der Waals surface area contributed by atoms with Gasteiger partial charge in [-0.2, -0.15) is 13.2 Å². The van der Waals surface area contributed by atoms with Crippen molar-refractivity contribution in [3.8, 4) is 39.5 Å². The quantitative estimate of drug-likeness (QED) is 0.111. The second kappa shape index (κ2) is 13.5. The summed E-state index contributed by atoms with van der Waals surface area (Å²) in [6, 6.07) is 29.1. The second-order valence-corrected chi connectivity index (χ2v) is 8.12. The Morgan fingerprint density at radius 3 is 2.03 bits per heavy atom. The molecule has 0 saturated heterocycles. The summed E-state index contributed by atoms with van der Waals surface area (Å²) in [5.74, 6) is 0.837. The molecule has 0 fully saturated rings. The molecule has 0 unspecified atom stereocenters. The zero-order chi connectivity index (χ0) is 26.8. The summed E-state index contributed by atoms with van der Waals surface area (Å²) in [4.78, 5) is 9.27. The van der Waals surface area contributed by atoms with Gasteiger partial charge in [-0.15, -0.1) is 35.9 Å². The Labute approximate surface area is 222 Å². The summed E-state index contributed by atoms with van der Waals surface area (Å²) in [7, 11) is 0.164. The second-order valence-electron chi connectivity index (χ2n) is 6.75. The third-order valence-corrected chi connectivity index (χ3v) is 5.01. The van der Waals surface area contributed by atoms with Crippen LogP contribution in [0.15, 0.2) is 85.1 Å². The van der Waals surface area contributed by atoms with Crippen LogP contribution in [0.4, 0.5) is 13.2 Å². The van der Waals surface area contributed by atoms with Crippen LogP contribution in [0.2, 0.25) is 0 Å². The summed E-state index contributed by atoms with van der Waals surface area (Å²) < 4.78 is 64.2. The van der Waals surface area contributed by atoms with E-state index in [1.807, 2.05) is 54.6 Å². The Balaban J connectivity index is 0.000000392. The molecule has 0 saturated carbocycles. The molecular formula is C24H17AuClF3N2O4S-2. The number of ether oxygens (including phenoxy) is 1. The number of hydrogen-bond acceptors (Lipinski definition) is 6. The molecule has 2 aromatic heterocycles. The van der Waals surface area contributed by atoms with Crippen molar-refractivity contribution in [2.75, 3.05) is 7.11 Å². The first kappa shape index (κ1) is 29.5. The number of alkyl halides is 3. The molecule has 4 rings (SSSR count). The number of methoxy groups -OCH3 is 1. The molecule has 0 radical (unpaired) electrons. The summed E-state index contributed by atoms with van der Waals surface area (Å²) in [6.45, 7) is 0.